The number of carbonyl (C=O) groups is 1. The zero-order chi connectivity index (χ0) is 17.9. The van der Waals surface area contributed by atoms with Gasteiger partial charge in [0.05, 0.1) is 10.9 Å². The first-order valence-electron chi connectivity index (χ1n) is 8.18. The third-order valence-corrected chi connectivity index (χ3v) is 6.76. The molecule has 2 aliphatic heterocycles. The minimum atomic E-state index is -0.781. The average molecular weight is 447 g/mol. The summed E-state index contributed by atoms with van der Waals surface area (Å²) in [5, 5.41) is 0. The number of amides is 1. The molecular formula is C20H13BrClNO2S. The van der Waals surface area contributed by atoms with E-state index in [4.69, 9.17) is 16.3 Å². The highest BCUT2D eigenvalue weighted by Crippen LogP contribution is 2.53. The molecule has 1 aromatic heterocycles. The van der Waals surface area contributed by atoms with Crippen LogP contribution in [0.15, 0.2) is 59.1 Å². The molecule has 1 unspecified atom stereocenters. The third-order valence-electron chi connectivity index (χ3n) is 5.05. The summed E-state index contributed by atoms with van der Waals surface area (Å²) >= 11 is 11.1. The normalized spacial score (nSPS) is 20.4. The summed E-state index contributed by atoms with van der Waals surface area (Å²) in [7, 11) is 0. The average Bonchev–Trinajstić information content (AvgIpc) is 3.29. The Labute approximate surface area is 168 Å². The lowest BCUT2D eigenvalue weighted by molar-refractivity contribution is -0.122. The van der Waals surface area contributed by atoms with E-state index < -0.39 is 5.41 Å². The maximum Gasteiger partial charge on any atom is 0.246 e. The number of rotatable bonds is 2. The number of fused-ring (bicyclic) bond motifs is 4. The lowest BCUT2D eigenvalue weighted by atomic mass is 9.77. The number of ether oxygens (including phenoxy) is 1. The molecule has 1 amide bonds. The van der Waals surface area contributed by atoms with Gasteiger partial charge in [0.15, 0.2) is 0 Å². The van der Waals surface area contributed by atoms with Crippen LogP contribution in [0.1, 0.15) is 16.0 Å². The second-order valence-electron chi connectivity index (χ2n) is 6.45. The van der Waals surface area contributed by atoms with Crippen LogP contribution in [-0.2, 0) is 16.8 Å². The molecule has 1 spiro atoms. The van der Waals surface area contributed by atoms with E-state index in [1.165, 1.54) is 11.3 Å². The fourth-order valence-corrected chi connectivity index (χ4v) is 5.34. The van der Waals surface area contributed by atoms with E-state index in [2.05, 4.69) is 15.9 Å². The van der Waals surface area contributed by atoms with E-state index in [0.717, 1.165) is 36.2 Å². The van der Waals surface area contributed by atoms with Crippen molar-refractivity contribution in [2.24, 2.45) is 0 Å². The number of hydrogen-bond donors (Lipinski definition) is 0. The fraction of sp³-hybridized carbons (Fsp3) is 0.150. The molecule has 0 radical (unpaired) electrons. The number of benzene rings is 2. The van der Waals surface area contributed by atoms with Crippen molar-refractivity contribution in [1.82, 2.24) is 0 Å². The number of carbonyl (C=O) groups excluding carboxylic acids is 1. The van der Waals surface area contributed by atoms with Crippen LogP contribution >= 0.6 is 38.9 Å². The van der Waals surface area contributed by atoms with Gasteiger partial charge in [-0.05, 0) is 42.0 Å². The molecule has 6 heteroatoms. The van der Waals surface area contributed by atoms with Crippen molar-refractivity contribution in [2.45, 2.75) is 12.0 Å². The Morgan fingerprint density at radius 3 is 2.81 bits per heavy atom. The molecule has 3 heterocycles. The Morgan fingerprint density at radius 2 is 2.00 bits per heavy atom. The number of hydrogen-bond acceptors (Lipinski definition) is 3. The molecule has 2 aliphatic rings. The lowest BCUT2D eigenvalue weighted by Crippen LogP contribution is -2.42. The first-order chi connectivity index (χ1) is 12.6. The van der Waals surface area contributed by atoms with E-state index in [0.29, 0.717) is 13.2 Å². The first-order valence-corrected chi connectivity index (χ1v) is 10.2. The molecule has 0 bridgehead atoms. The summed E-state index contributed by atoms with van der Waals surface area (Å²) in [5.41, 5.74) is 2.09. The van der Waals surface area contributed by atoms with Crippen LogP contribution < -0.4 is 9.64 Å². The van der Waals surface area contributed by atoms with Gasteiger partial charge in [0.2, 0.25) is 5.91 Å². The Morgan fingerprint density at radius 1 is 1.15 bits per heavy atom. The van der Waals surface area contributed by atoms with Crippen LogP contribution in [0.3, 0.4) is 0 Å². The lowest BCUT2D eigenvalue weighted by Gasteiger charge is -2.23. The number of halogens is 2. The van der Waals surface area contributed by atoms with Crippen molar-refractivity contribution in [3.8, 4) is 5.75 Å². The molecule has 26 heavy (non-hydrogen) atoms. The van der Waals surface area contributed by atoms with Gasteiger partial charge in [-0.15, -0.1) is 11.3 Å². The summed E-state index contributed by atoms with van der Waals surface area (Å²) in [4.78, 5) is 16.6. The highest BCUT2D eigenvalue weighted by molar-refractivity contribution is 9.10. The van der Waals surface area contributed by atoms with Crippen molar-refractivity contribution in [2.75, 3.05) is 11.5 Å². The van der Waals surface area contributed by atoms with Gasteiger partial charge in [-0.1, -0.05) is 45.7 Å². The fourth-order valence-electron chi connectivity index (χ4n) is 3.90. The SMILES string of the molecule is O=C1N(Cc2ccc(Cl)s2)c2ccccc2C12COc1ccc(Br)cc12. The zero-order valence-corrected chi connectivity index (χ0v) is 16.7. The second-order valence-corrected chi connectivity index (χ2v) is 9.16. The summed E-state index contributed by atoms with van der Waals surface area (Å²) in [6, 6.07) is 17.7. The van der Waals surface area contributed by atoms with Gasteiger partial charge >= 0.3 is 0 Å². The topological polar surface area (TPSA) is 29.5 Å². The summed E-state index contributed by atoms with van der Waals surface area (Å²) < 4.78 is 7.60. The molecule has 0 saturated carbocycles. The number of thiophene rings is 1. The Balaban J connectivity index is 1.68. The van der Waals surface area contributed by atoms with Crippen molar-refractivity contribution in [1.29, 1.82) is 0 Å². The van der Waals surface area contributed by atoms with Crippen LogP contribution in [0.4, 0.5) is 5.69 Å². The van der Waals surface area contributed by atoms with Gasteiger partial charge in [-0.2, -0.15) is 0 Å². The van der Waals surface area contributed by atoms with Crippen LogP contribution in [0.2, 0.25) is 4.34 Å². The Bertz CT molecular complexity index is 1050. The summed E-state index contributed by atoms with van der Waals surface area (Å²) in [5.74, 6) is 0.831. The van der Waals surface area contributed by atoms with Crippen molar-refractivity contribution >= 4 is 50.5 Å². The van der Waals surface area contributed by atoms with Gasteiger partial charge in [0.1, 0.15) is 17.8 Å². The Kier molecular flexibility index (Phi) is 3.68. The van der Waals surface area contributed by atoms with Crippen molar-refractivity contribution in [3.05, 3.63) is 79.4 Å². The van der Waals surface area contributed by atoms with Crippen molar-refractivity contribution < 1.29 is 9.53 Å². The Hall–Kier alpha value is -1.82. The largest absolute Gasteiger partial charge is 0.491 e. The molecule has 0 saturated heterocycles. The quantitative estimate of drug-likeness (QED) is 0.528. The molecule has 0 N–H and O–H groups in total. The maximum absolute atomic E-state index is 13.7. The molecular weight excluding hydrogens is 434 g/mol. The second kappa shape index (κ2) is 5.84. The van der Waals surface area contributed by atoms with E-state index in [1.54, 1.807) is 0 Å². The van der Waals surface area contributed by atoms with Gasteiger partial charge < -0.3 is 9.64 Å². The van der Waals surface area contributed by atoms with E-state index >= 15 is 0 Å². The number of anilines is 1. The van der Waals surface area contributed by atoms with Gasteiger partial charge in [0.25, 0.3) is 0 Å². The monoisotopic (exact) mass is 445 g/mol. The number of nitrogens with zero attached hydrogens (tertiary/aromatic N) is 1. The van der Waals surface area contributed by atoms with E-state index in [-0.39, 0.29) is 5.91 Å². The summed E-state index contributed by atoms with van der Waals surface area (Å²) in [6.45, 7) is 0.842. The van der Waals surface area contributed by atoms with Gasteiger partial charge in [-0.3, -0.25) is 4.79 Å². The molecule has 1 atom stereocenters. The van der Waals surface area contributed by atoms with Gasteiger partial charge in [0, 0.05) is 20.6 Å². The van der Waals surface area contributed by atoms with E-state index in [9.17, 15) is 4.79 Å². The molecule has 5 rings (SSSR count). The molecule has 0 aliphatic carbocycles. The smallest absolute Gasteiger partial charge is 0.246 e. The third kappa shape index (κ3) is 2.20. The first kappa shape index (κ1) is 16.4. The van der Waals surface area contributed by atoms with Crippen LogP contribution in [0.25, 0.3) is 0 Å². The molecule has 2 aromatic carbocycles. The highest BCUT2D eigenvalue weighted by Gasteiger charge is 2.56. The predicted octanol–water partition coefficient (Wildman–Crippen LogP) is 5.39. The van der Waals surface area contributed by atoms with Crippen LogP contribution in [-0.4, -0.2) is 12.5 Å². The molecule has 130 valence electrons. The highest BCUT2D eigenvalue weighted by atomic mass is 79.9. The van der Waals surface area contributed by atoms with Crippen LogP contribution in [0.5, 0.6) is 5.75 Å². The number of para-hydroxylation sites is 1. The van der Waals surface area contributed by atoms with Crippen LogP contribution in [0, 0.1) is 0 Å². The van der Waals surface area contributed by atoms with Gasteiger partial charge in [-0.25, -0.2) is 0 Å². The van der Waals surface area contributed by atoms with E-state index in [1.807, 2.05) is 59.5 Å². The van der Waals surface area contributed by atoms with Crippen molar-refractivity contribution in [3.63, 3.8) is 0 Å². The molecule has 0 fully saturated rings. The molecule has 3 nitrogen and oxygen atoms in total. The minimum Gasteiger partial charge on any atom is -0.491 e. The predicted molar refractivity (Wildman–Crippen MR) is 107 cm³/mol. The maximum atomic E-state index is 13.7. The minimum absolute atomic E-state index is 0.0556. The standard InChI is InChI=1S/C20H13BrClNO2S/c21-12-5-7-17-15(9-12)20(11-25-17)14-3-1-2-4-16(14)23(19(20)24)10-13-6-8-18(22)26-13/h1-9H,10-11H2. The summed E-state index contributed by atoms with van der Waals surface area (Å²) in [6.07, 6.45) is 0. The molecule has 3 aromatic rings. The zero-order valence-electron chi connectivity index (χ0n) is 13.5.